The maximum absolute atomic E-state index is 6.84. The van der Waals surface area contributed by atoms with Crippen LogP contribution in [0.4, 0.5) is 0 Å². The molecule has 1 atom stereocenters. The van der Waals surface area contributed by atoms with Crippen molar-refractivity contribution in [2.75, 3.05) is 0 Å². The molecule has 4 heteroatoms. The third kappa shape index (κ3) is 7.14. The van der Waals surface area contributed by atoms with Gasteiger partial charge in [0.05, 0.1) is 11.4 Å². The van der Waals surface area contributed by atoms with Crippen molar-refractivity contribution in [3.05, 3.63) is 244 Å². The first kappa shape index (κ1) is 44.1. The van der Waals surface area contributed by atoms with Crippen molar-refractivity contribution in [2.45, 2.75) is 65.2 Å². The molecule has 0 bridgehead atoms. The van der Waals surface area contributed by atoms with Crippen LogP contribution in [0.5, 0.6) is 0 Å². The molecule has 13 rings (SSSR count). The lowest BCUT2D eigenvalue weighted by molar-refractivity contribution is 0.660. The highest BCUT2D eigenvalue weighted by molar-refractivity contribution is 7.25. The highest BCUT2D eigenvalue weighted by Crippen LogP contribution is 2.51. The van der Waals surface area contributed by atoms with Crippen LogP contribution in [-0.2, 0) is 5.41 Å². The van der Waals surface area contributed by atoms with E-state index in [0.29, 0.717) is 12.3 Å². The average molecular weight is 947 g/mol. The summed E-state index contributed by atoms with van der Waals surface area (Å²) in [6.45, 7) is 11.6. The minimum Gasteiger partial charge on any atom is -0.455 e. The van der Waals surface area contributed by atoms with E-state index >= 15 is 0 Å². The summed E-state index contributed by atoms with van der Waals surface area (Å²) in [6.07, 6.45) is 2.46. The molecule has 11 aromatic rings. The number of fused-ring (bicyclic) bond motifs is 9. The monoisotopic (exact) mass is 946 g/mol. The molecular formula is C68H54N2OS. The van der Waals surface area contributed by atoms with Crippen LogP contribution in [0.25, 0.3) is 81.2 Å². The van der Waals surface area contributed by atoms with Crippen LogP contribution in [0.2, 0.25) is 0 Å². The Morgan fingerprint density at radius 1 is 0.542 bits per heavy atom. The third-order valence-corrected chi connectivity index (χ3v) is 16.8. The van der Waals surface area contributed by atoms with E-state index in [4.69, 9.17) is 14.4 Å². The molecule has 72 heavy (non-hydrogen) atoms. The molecule has 3 heterocycles. The van der Waals surface area contributed by atoms with Crippen molar-refractivity contribution in [1.29, 1.82) is 0 Å². The zero-order valence-electron chi connectivity index (χ0n) is 41.4. The molecule has 0 saturated heterocycles. The summed E-state index contributed by atoms with van der Waals surface area (Å²) < 4.78 is 9.38. The predicted molar refractivity (Wildman–Crippen MR) is 306 cm³/mol. The van der Waals surface area contributed by atoms with E-state index in [1.165, 1.54) is 75.8 Å². The molecule has 0 spiro atoms. The first-order chi connectivity index (χ1) is 35.3. The normalized spacial score (nSPS) is 14.7. The van der Waals surface area contributed by atoms with E-state index in [-0.39, 0.29) is 11.3 Å². The Kier molecular flexibility index (Phi) is 10.7. The number of allylic oxidation sites excluding steroid dienone is 1. The van der Waals surface area contributed by atoms with Gasteiger partial charge in [0.2, 0.25) is 0 Å². The zero-order valence-corrected chi connectivity index (χ0v) is 42.2. The lowest BCUT2D eigenvalue weighted by Gasteiger charge is -2.24. The molecule has 0 radical (unpaired) electrons. The van der Waals surface area contributed by atoms with Gasteiger partial charge >= 0.3 is 0 Å². The third-order valence-electron chi connectivity index (χ3n) is 15.7. The second kappa shape index (κ2) is 17.4. The van der Waals surface area contributed by atoms with Crippen LogP contribution >= 0.6 is 11.3 Å². The van der Waals surface area contributed by atoms with Gasteiger partial charge in [-0.25, -0.2) is 9.98 Å². The molecule has 2 aromatic heterocycles. The van der Waals surface area contributed by atoms with Crippen molar-refractivity contribution in [3.63, 3.8) is 0 Å². The van der Waals surface area contributed by atoms with Crippen molar-refractivity contribution < 1.29 is 4.42 Å². The van der Waals surface area contributed by atoms with E-state index in [0.717, 1.165) is 74.0 Å². The molecule has 3 nitrogen and oxygen atoms in total. The largest absolute Gasteiger partial charge is 0.455 e. The van der Waals surface area contributed by atoms with Crippen LogP contribution in [0, 0.1) is 6.92 Å². The van der Waals surface area contributed by atoms with Gasteiger partial charge in [-0.2, -0.15) is 0 Å². The number of hydrogen-bond acceptors (Lipinski definition) is 4. The Hall–Kier alpha value is -7.92. The van der Waals surface area contributed by atoms with E-state index in [1.54, 1.807) is 0 Å². The molecule has 2 aliphatic rings. The van der Waals surface area contributed by atoms with Crippen LogP contribution in [0.3, 0.4) is 0 Å². The van der Waals surface area contributed by atoms with Gasteiger partial charge < -0.3 is 4.42 Å². The zero-order chi connectivity index (χ0) is 48.7. The summed E-state index contributed by atoms with van der Waals surface area (Å²) in [5, 5.41) is 4.69. The standard InChI is InChI=1S/C68H54N2OS/c1-6-42-38-60(45-23-17-22-44(37-45)47(7-2)49-24-11-12-25-50(49)56-40-57-51-26-13-15-31-58(51)68(4,5)59(57)36-41(56)3)69-67(70-65(42)55-30-19-33-63-64(55)54-27-14-16-32-62(54)72-63)46-34-35-52-53-29-18-28-48(43-20-9-8-10-21-43)66(53)71-61(52)39-46/h8-37,39-40,47H,6-7,38H2,1-5H3. The average Bonchev–Trinajstić information content (AvgIpc) is 4.00. The molecule has 9 aromatic carbocycles. The summed E-state index contributed by atoms with van der Waals surface area (Å²) in [6, 6.07) is 71.1. The minimum atomic E-state index is -0.0433. The van der Waals surface area contributed by atoms with Gasteiger partial charge in [0, 0.05) is 65.4 Å². The molecule has 1 aliphatic carbocycles. The van der Waals surface area contributed by atoms with Gasteiger partial charge in [0.25, 0.3) is 0 Å². The first-order valence-electron chi connectivity index (χ1n) is 25.5. The van der Waals surface area contributed by atoms with Gasteiger partial charge in [0.1, 0.15) is 11.2 Å². The van der Waals surface area contributed by atoms with E-state index in [1.807, 2.05) is 11.3 Å². The van der Waals surface area contributed by atoms with Gasteiger partial charge in [-0.1, -0.05) is 185 Å². The predicted octanol–water partition coefficient (Wildman–Crippen LogP) is 18.9. The summed E-state index contributed by atoms with van der Waals surface area (Å²) in [4.78, 5) is 11.4. The van der Waals surface area contributed by atoms with Crippen LogP contribution < -0.4 is 0 Å². The molecule has 1 aliphatic heterocycles. The molecular weight excluding hydrogens is 893 g/mol. The van der Waals surface area contributed by atoms with Gasteiger partial charge in [-0.3, -0.25) is 0 Å². The minimum absolute atomic E-state index is 0.0433. The first-order valence-corrected chi connectivity index (χ1v) is 26.3. The molecule has 348 valence electrons. The second-order valence-corrected chi connectivity index (χ2v) is 21.3. The Morgan fingerprint density at radius 3 is 2.11 bits per heavy atom. The number of furan rings is 1. The topological polar surface area (TPSA) is 37.9 Å². The van der Waals surface area contributed by atoms with Gasteiger partial charge in [-0.15, -0.1) is 11.3 Å². The van der Waals surface area contributed by atoms with Gasteiger partial charge in [-0.05, 0) is 123 Å². The summed E-state index contributed by atoms with van der Waals surface area (Å²) in [5.41, 5.74) is 22.4. The number of benzene rings is 9. The van der Waals surface area contributed by atoms with Crippen molar-refractivity contribution >= 4 is 70.7 Å². The summed E-state index contributed by atoms with van der Waals surface area (Å²) in [7, 11) is 0. The second-order valence-electron chi connectivity index (χ2n) is 20.2. The maximum Gasteiger partial charge on any atom is 0.160 e. The SMILES string of the molecule is CCC1=C(c2cccc3sc4ccccc4c23)N=C(c2ccc3c(c2)oc2c(-c4ccccc4)cccc23)N=C(c2cccc(C(CC)c3ccccc3-c3cc4c(cc3C)C(C)(C)c3ccccc3-4)c2)C1. The fourth-order valence-corrected chi connectivity index (χ4v) is 13.2. The molecule has 0 amide bonds. The van der Waals surface area contributed by atoms with E-state index in [2.05, 4.69) is 229 Å². The lowest BCUT2D eigenvalue weighted by Crippen LogP contribution is -2.15. The van der Waals surface area contributed by atoms with Crippen LogP contribution in [0.15, 0.2) is 214 Å². The smallest absolute Gasteiger partial charge is 0.160 e. The quantitative estimate of drug-likeness (QED) is 0.142. The van der Waals surface area contributed by atoms with Crippen LogP contribution in [-0.4, -0.2) is 11.5 Å². The highest BCUT2D eigenvalue weighted by atomic mass is 32.1. The number of rotatable bonds is 9. The molecule has 0 fully saturated rings. The van der Waals surface area contributed by atoms with Crippen molar-refractivity contribution in [2.24, 2.45) is 9.98 Å². The Morgan fingerprint density at radius 2 is 1.25 bits per heavy atom. The Balaban J connectivity index is 0.953. The number of thiophene rings is 1. The van der Waals surface area contributed by atoms with Crippen molar-refractivity contribution in [1.82, 2.24) is 0 Å². The van der Waals surface area contributed by atoms with E-state index < -0.39 is 0 Å². The number of amidine groups is 1. The fraction of sp³-hybridized carbons (Fsp3) is 0.147. The van der Waals surface area contributed by atoms with E-state index in [9.17, 15) is 0 Å². The molecule has 1 unspecified atom stereocenters. The van der Waals surface area contributed by atoms with Gasteiger partial charge in [0.15, 0.2) is 5.84 Å². The van der Waals surface area contributed by atoms with Crippen LogP contribution in [0.1, 0.15) is 97.4 Å². The molecule has 0 N–H and O–H groups in total. The number of para-hydroxylation sites is 1. The van der Waals surface area contributed by atoms with Crippen molar-refractivity contribution in [3.8, 4) is 33.4 Å². The maximum atomic E-state index is 6.84. The highest BCUT2D eigenvalue weighted by Gasteiger charge is 2.36. The fourth-order valence-electron chi connectivity index (χ4n) is 12.0. The summed E-state index contributed by atoms with van der Waals surface area (Å²) in [5.74, 6) is 0.847. The number of aryl methyl sites for hydroxylation is 1. The number of nitrogens with zero attached hydrogens (tertiary/aromatic N) is 2. The number of hydrogen-bond donors (Lipinski definition) is 0. The number of aliphatic imine (C=N–C) groups is 2. The summed E-state index contributed by atoms with van der Waals surface area (Å²) >= 11 is 1.85. The lowest BCUT2D eigenvalue weighted by atomic mass is 9.79. The molecule has 0 saturated carbocycles. The Bertz CT molecular complexity index is 4080. The Labute approximate surface area is 425 Å².